The monoisotopic (exact) mass is 311 g/mol. The molecule has 2 aliphatic rings. The van der Waals surface area contributed by atoms with Gasteiger partial charge in [-0.05, 0) is 31.0 Å². The Morgan fingerprint density at radius 3 is 2.78 bits per heavy atom. The lowest BCUT2D eigenvalue weighted by atomic mass is 9.86. The highest BCUT2D eigenvalue weighted by Gasteiger charge is 2.32. The second-order valence-electron chi connectivity index (χ2n) is 5.13. The van der Waals surface area contributed by atoms with Gasteiger partial charge in [-0.25, -0.2) is 0 Å². The first-order valence-corrected chi connectivity index (χ1v) is 7.33. The summed E-state index contributed by atoms with van der Waals surface area (Å²) in [6.07, 6.45) is 3.33. The summed E-state index contributed by atoms with van der Waals surface area (Å²) in [6, 6.07) is 6.18. The molecule has 3 nitrogen and oxygen atoms in total. The molecule has 2 atom stereocenters. The van der Waals surface area contributed by atoms with Gasteiger partial charge in [0.2, 0.25) is 0 Å². The zero-order valence-electron chi connectivity index (χ0n) is 10.3. The lowest BCUT2D eigenvalue weighted by molar-refractivity contribution is 0.00729. The van der Waals surface area contributed by atoms with Crippen molar-refractivity contribution in [2.45, 2.75) is 31.4 Å². The summed E-state index contributed by atoms with van der Waals surface area (Å²) in [7, 11) is 0. The Morgan fingerprint density at radius 2 is 2.00 bits per heavy atom. The zero-order valence-corrected chi connectivity index (χ0v) is 11.9. The first-order valence-electron chi connectivity index (χ1n) is 6.53. The van der Waals surface area contributed by atoms with Crippen LogP contribution in [0.3, 0.4) is 0 Å². The van der Waals surface area contributed by atoms with Crippen molar-refractivity contribution < 1.29 is 9.47 Å². The molecule has 0 aliphatic carbocycles. The van der Waals surface area contributed by atoms with Gasteiger partial charge in [-0.3, -0.25) is 0 Å². The fraction of sp³-hybridized carbons (Fsp3) is 0.571. The van der Waals surface area contributed by atoms with E-state index in [1.54, 1.807) is 0 Å². The van der Waals surface area contributed by atoms with Crippen molar-refractivity contribution in [1.82, 2.24) is 0 Å². The van der Waals surface area contributed by atoms with Gasteiger partial charge < -0.3 is 15.2 Å². The maximum absolute atomic E-state index is 6.28. The SMILES string of the molecule is NC1CC(C2CCOCC2)Oc2ccc(Br)cc21. The van der Waals surface area contributed by atoms with E-state index in [4.69, 9.17) is 15.2 Å². The highest BCUT2D eigenvalue weighted by atomic mass is 79.9. The van der Waals surface area contributed by atoms with E-state index in [2.05, 4.69) is 22.0 Å². The molecule has 98 valence electrons. The number of ether oxygens (including phenoxy) is 2. The first kappa shape index (κ1) is 12.5. The van der Waals surface area contributed by atoms with Crippen molar-refractivity contribution in [2.24, 2.45) is 11.7 Å². The molecule has 2 unspecified atom stereocenters. The van der Waals surface area contributed by atoms with Crippen molar-refractivity contribution in [1.29, 1.82) is 0 Å². The van der Waals surface area contributed by atoms with Crippen LogP contribution in [0, 0.1) is 5.92 Å². The number of rotatable bonds is 1. The molecule has 0 aromatic heterocycles. The van der Waals surface area contributed by atoms with Crippen LogP contribution in [-0.4, -0.2) is 19.3 Å². The van der Waals surface area contributed by atoms with Gasteiger partial charge in [0.15, 0.2) is 0 Å². The molecule has 0 saturated carbocycles. The highest BCUT2D eigenvalue weighted by molar-refractivity contribution is 9.10. The molecule has 1 aromatic rings. The van der Waals surface area contributed by atoms with Crippen molar-refractivity contribution in [2.75, 3.05) is 13.2 Å². The smallest absolute Gasteiger partial charge is 0.124 e. The Bertz CT molecular complexity index is 432. The third-order valence-corrected chi connectivity index (χ3v) is 4.42. The van der Waals surface area contributed by atoms with Crippen molar-refractivity contribution >= 4 is 15.9 Å². The fourth-order valence-electron chi connectivity index (χ4n) is 2.88. The zero-order chi connectivity index (χ0) is 12.5. The molecule has 0 amide bonds. The van der Waals surface area contributed by atoms with E-state index in [1.165, 1.54) is 0 Å². The number of hydrogen-bond donors (Lipinski definition) is 1. The number of hydrogen-bond acceptors (Lipinski definition) is 3. The largest absolute Gasteiger partial charge is 0.490 e. The maximum atomic E-state index is 6.28. The van der Waals surface area contributed by atoms with Crippen molar-refractivity contribution in [3.05, 3.63) is 28.2 Å². The van der Waals surface area contributed by atoms with Crippen LogP contribution in [0.15, 0.2) is 22.7 Å². The summed E-state index contributed by atoms with van der Waals surface area (Å²) in [5.41, 5.74) is 7.40. The lowest BCUT2D eigenvalue weighted by Crippen LogP contribution is -2.37. The van der Waals surface area contributed by atoms with Crippen LogP contribution in [0.1, 0.15) is 30.9 Å². The molecule has 18 heavy (non-hydrogen) atoms. The Kier molecular flexibility index (Phi) is 3.59. The predicted octanol–water partition coefficient (Wildman–Crippen LogP) is 3.03. The second kappa shape index (κ2) is 5.19. The van der Waals surface area contributed by atoms with E-state index in [-0.39, 0.29) is 12.1 Å². The van der Waals surface area contributed by atoms with Crippen LogP contribution in [0.25, 0.3) is 0 Å². The summed E-state index contributed by atoms with van der Waals surface area (Å²) in [6.45, 7) is 1.71. The molecule has 0 bridgehead atoms. The Balaban J connectivity index is 1.80. The second-order valence-corrected chi connectivity index (χ2v) is 6.05. The van der Waals surface area contributed by atoms with Crippen LogP contribution < -0.4 is 10.5 Å². The minimum absolute atomic E-state index is 0.0825. The van der Waals surface area contributed by atoms with E-state index < -0.39 is 0 Å². The van der Waals surface area contributed by atoms with E-state index in [9.17, 15) is 0 Å². The van der Waals surface area contributed by atoms with Gasteiger partial charge in [-0.2, -0.15) is 0 Å². The molecule has 2 N–H and O–H groups in total. The van der Waals surface area contributed by atoms with Crippen molar-refractivity contribution in [3.8, 4) is 5.75 Å². The van der Waals surface area contributed by atoms with Gasteiger partial charge in [0.1, 0.15) is 11.9 Å². The third kappa shape index (κ3) is 2.42. The molecular formula is C14H18BrNO2. The lowest BCUT2D eigenvalue weighted by Gasteiger charge is -2.36. The van der Waals surface area contributed by atoms with Gasteiger partial charge >= 0.3 is 0 Å². The molecule has 2 aliphatic heterocycles. The quantitative estimate of drug-likeness (QED) is 0.867. The predicted molar refractivity (Wildman–Crippen MR) is 73.6 cm³/mol. The molecule has 2 heterocycles. The molecule has 1 fully saturated rings. The van der Waals surface area contributed by atoms with Gasteiger partial charge in [0.25, 0.3) is 0 Å². The molecule has 1 aromatic carbocycles. The van der Waals surface area contributed by atoms with Gasteiger partial charge in [-0.15, -0.1) is 0 Å². The summed E-state index contributed by atoms with van der Waals surface area (Å²) in [5, 5.41) is 0. The molecule has 3 rings (SSSR count). The van der Waals surface area contributed by atoms with Crippen LogP contribution >= 0.6 is 15.9 Å². The van der Waals surface area contributed by atoms with Gasteiger partial charge in [0.05, 0.1) is 0 Å². The van der Waals surface area contributed by atoms with Crippen molar-refractivity contribution in [3.63, 3.8) is 0 Å². The number of benzene rings is 1. The summed E-state index contributed by atoms with van der Waals surface area (Å²) in [5.74, 6) is 1.54. The minimum Gasteiger partial charge on any atom is -0.490 e. The van der Waals surface area contributed by atoms with E-state index in [0.717, 1.165) is 48.3 Å². The summed E-state index contributed by atoms with van der Waals surface area (Å²) < 4.78 is 12.6. The summed E-state index contributed by atoms with van der Waals surface area (Å²) >= 11 is 3.48. The molecule has 0 radical (unpaired) electrons. The van der Waals surface area contributed by atoms with Crippen LogP contribution in [0.5, 0.6) is 5.75 Å². The average Bonchev–Trinajstić information content (AvgIpc) is 2.40. The standard InChI is InChI=1S/C14H18BrNO2/c15-10-1-2-13-11(7-10)12(16)8-14(18-13)9-3-5-17-6-4-9/h1-2,7,9,12,14H,3-6,8,16H2. The molecule has 1 saturated heterocycles. The van der Waals surface area contributed by atoms with Crippen LogP contribution in [-0.2, 0) is 4.74 Å². The Labute approximate surface area is 116 Å². The first-order chi connectivity index (χ1) is 8.74. The number of nitrogens with two attached hydrogens (primary N) is 1. The highest BCUT2D eigenvalue weighted by Crippen LogP contribution is 2.38. The molecular weight excluding hydrogens is 294 g/mol. The van der Waals surface area contributed by atoms with E-state index in [1.807, 2.05) is 12.1 Å². The van der Waals surface area contributed by atoms with Crippen LogP contribution in [0.4, 0.5) is 0 Å². The van der Waals surface area contributed by atoms with Gasteiger partial charge in [-0.1, -0.05) is 15.9 Å². The van der Waals surface area contributed by atoms with E-state index >= 15 is 0 Å². The van der Waals surface area contributed by atoms with E-state index in [0.29, 0.717) is 5.92 Å². The van der Waals surface area contributed by atoms with Gasteiger partial charge in [0, 0.05) is 41.6 Å². The minimum atomic E-state index is 0.0825. The third-order valence-electron chi connectivity index (χ3n) is 3.93. The van der Waals surface area contributed by atoms with Crippen LogP contribution in [0.2, 0.25) is 0 Å². The maximum Gasteiger partial charge on any atom is 0.124 e. The Hall–Kier alpha value is -0.580. The average molecular weight is 312 g/mol. The molecule has 0 spiro atoms. The number of fused-ring (bicyclic) bond motifs is 1. The topological polar surface area (TPSA) is 44.5 Å². The normalized spacial score (nSPS) is 28.6. The fourth-order valence-corrected chi connectivity index (χ4v) is 3.26. The Morgan fingerprint density at radius 1 is 1.22 bits per heavy atom. The number of halogens is 1. The summed E-state index contributed by atoms with van der Waals surface area (Å²) in [4.78, 5) is 0. The molecule has 4 heteroatoms.